The van der Waals surface area contributed by atoms with Crippen molar-refractivity contribution in [3.05, 3.63) is 24.5 Å². The average molecular weight is 235 g/mol. The molecular weight excluding hydrogens is 218 g/mol. The molecule has 0 unspecified atom stereocenters. The first-order valence-corrected chi connectivity index (χ1v) is 5.74. The molecule has 0 aliphatic heterocycles. The molecule has 2 heterocycles. The molecule has 0 aliphatic carbocycles. The molecule has 2 aromatic rings. The van der Waals surface area contributed by atoms with Gasteiger partial charge in [-0.3, -0.25) is 4.68 Å². The lowest BCUT2D eigenvalue weighted by atomic mass is 10.4. The lowest BCUT2D eigenvalue weighted by molar-refractivity contribution is 0.286. The molecule has 0 aromatic carbocycles. The predicted octanol–water partition coefficient (Wildman–Crippen LogP) is 1.65. The predicted molar refractivity (Wildman–Crippen MR) is 62.6 cm³/mol. The first-order chi connectivity index (χ1) is 8.20. The number of aryl methyl sites for hydroxylation is 1. The van der Waals surface area contributed by atoms with Crippen molar-refractivity contribution < 1.29 is 4.74 Å². The van der Waals surface area contributed by atoms with Crippen LogP contribution in [0, 0.1) is 0 Å². The van der Waals surface area contributed by atoms with E-state index in [1.807, 2.05) is 22.5 Å². The highest BCUT2D eigenvalue weighted by Gasteiger charge is 2.06. The van der Waals surface area contributed by atoms with Gasteiger partial charge in [0, 0.05) is 12.6 Å². The van der Waals surface area contributed by atoms with Crippen LogP contribution in [0.15, 0.2) is 18.7 Å². The van der Waals surface area contributed by atoms with Gasteiger partial charge in [0.05, 0.1) is 12.4 Å². The minimum atomic E-state index is 0.339. The number of rotatable bonds is 5. The summed E-state index contributed by atoms with van der Waals surface area (Å²) in [6, 6.07) is 0.339. The van der Waals surface area contributed by atoms with Crippen LogP contribution in [0.25, 0.3) is 0 Å². The largest absolute Gasteiger partial charge is 0.482 e. The molecule has 0 fully saturated rings. The Morgan fingerprint density at radius 3 is 2.82 bits per heavy atom. The zero-order valence-corrected chi connectivity index (χ0v) is 10.4. The van der Waals surface area contributed by atoms with E-state index in [-0.39, 0.29) is 0 Å². The van der Waals surface area contributed by atoms with Crippen molar-refractivity contribution >= 4 is 0 Å². The third kappa shape index (κ3) is 2.64. The first-order valence-electron chi connectivity index (χ1n) is 5.74. The lowest BCUT2D eigenvalue weighted by Crippen LogP contribution is -2.07. The van der Waals surface area contributed by atoms with E-state index in [9.17, 15) is 0 Å². The maximum atomic E-state index is 5.62. The molecular formula is C11H17N5O. The zero-order chi connectivity index (χ0) is 12.3. The summed E-state index contributed by atoms with van der Waals surface area (Å²) in [7, 11) is 0. The third-order valence-electron chi connectivity index (χ3n) is 2.47. The Balaban J connectivity index is 1.97. The number of nitrogens with zero attached hydrogens (tertiary/aromatic N) is 5. The fourth-order valence-corrected chi connectivity index (χ4v) is 1.49. The summed E-state index contributed by atoms with van der Waals surface area (Å²) in [4.78, 5) is 4.14. The zero-order valence-electron chi connectivity index (χ0n) is 10.4. The molecule has 92 valence electrons. The van der Waals surface area contributed by atoms with Gasteiger partial charge in [0.15, 0.2) is 11.6 Å². The molecule has 0 bridgehead atoms. The summed E-state index contributed by atoms with van der Waals surface area (Å²) in [6.07, 6.45) is 5.14. The van der Waals surface area contributed by atoms with Crippen molar-refractivity contribution in [1.82, 2.24) is 24.5 Å². The number of hydrogen-bond donors (Lipinski definition) is 0. The van der Waals surface area contributed by atoms with E-state index in [1.54, 1.807) is 12.5 Å². The van der Waals surface area contributed by atoms with E-state index in [4.69, 9.17) is 4.74 Å². The normalized spacial score (nSPS) is 11.1. The van der Waals surface area contributed by atoms with Gasteiger partial charge in [-0.25, -0.2) is 9.67 Å². The number of ether oxygens (including phenoxy) is 1. The van der Waals surface area contributed by atoms with Gasteiger partial charge in [-0.05, 0) is 20.8 Å². The Morgan fingerprint density at radius 1 is 1.35 bits per heavy atom. The van der Waals surface area contributed by atoms with Crippen LogP contribution in [0.2, 0.25) is 0 Å². The van der Waals surface area contributed by atoms with E-state index < -0.39 is 0 Å². The minimum Gasteiger partial charge on any atom is -0.482 e. The van der Waals surface area contributed by atoms with Crippen molar-refractivity contribution in [3.63, 3.8) is 0 Å². The summed E-state index contributed by atoms with van der Waals surface area (Å²) in [6.45, 7) is 7.38. The maximum Gasteiger partial charge on any atom is 0.164 e. The first kappa shape index (κ1) is 11.6. The fraction of sp³-hybridized carbons (Fsp3) is 0.545. The second-order valence-corrected chi connectivity index (χ2v) is 4.03. The van der Waals surface area contributed by atoms with Crippen molar-refractivity contribution in [2.75, 3.05) is 0 Å². The molecule has 0 saturated heterocycles. The van der Waals surface area contributed by atoms with Gasteiger partial charge in [-0.15, -0.1) is 0 Å². The van der Waals surface area contributed by atoms with E-state index in [1.165, 1.54) is 0 Å². The van der Waals surface area contributed by atoms with E-state index in [2.05, 4.69) is 29.0 Å². The van der Waals surface area contributed by atoms with Gasteiger partial charge in [0.25, 0.3) is 0 Å². The third-order valence-corrected chi connectivity index (χ3v) is 2.47. The number of hydrogen-bond acceptors (Lipinski definition) is 4. The van der Waals surface area contributed by atoms with Gasteiger partial charge in [-0.2, -0.15) is 10.2 Å². The second-order valence-electron chi connectivity index (χ2n) is 4.03. The highest BCUT2D eigenvalue weighted by molar-refractivity contribution is 5.12. The Labute approximate surface area is 100 Å². The smallest absolute Gasteiger partial charge is 0.164 e. The van der Waals surface area contributed by atoms with Gasteiger partial charge in [-0.1, -0.05) is 0 Å². The Bertz CT molecular complexity index is 474. The number of aromatic nitrogens is 5. The van der Waals surface area contributed by atoms with Gasteiger partial charge < -0.3 is 4.74 Å². The van der Waals surface area contributed by atoms with Crippen molar-refractivity contribution in [2.24, 2.45) is 0 Å². The molecule has 0 atom stereocenters. The molecule has 0 radical (unpaired) electrons. The van der Waals surface area contributed by atoms with Crippen LogP contribution in [0.1, 0.15) is 32.6 Å². The summed E-state index contributed by atoms with van der Waals surface area (Å²) in [5.74, 6) is 1.58. The van der Waals surface area contributed by atoms with Crippen LogP contribution in [0.4, 0.5) is 0 Å². The quantitative estimate of drug-likeness (QED) is 0.790. The van der Waals surface area contributed by atoms with Crippen molar-refractivity contribution in [1.29, 1.82) is 0 Å². The molecule has 0 aliphatic rings. The molecule has 0 spiro atoms. The highest BCUT2D eigenvalue weighted by atomic mass is 16.5. The van der Waals surface area contributed by atoms with Crippen molar-refractivity contribution in [3.8, 4) is 5.75 Å². The molecule has 2 aromatic heterocycles. The molecule has 17 heavy (non-hydrogen) atoms. The van der Waals surface area contributed by atoms with Crippen LogP contribution in [0.3, 0.4) is 0 Å². The van der Waals surface area contributed by atoms with Gasteiger partial charge in [0.2, 0.25) is 0 Å². The molecule has 6 heteroatoms. The standard InChI is InChI=1S/C11H17N5O/c1-4-15-11(12-8-14-15)7-17-10-5-13-16(6-10)9(2)3/h5-6,8-9H,4,7H2,1-3H3. The van der Waals surface area contributed by atoms with Crippen LogP contribution in [-0.4, -0.2) is 24.5 Å². The van der Waals surface area contributed by atoms with Crippen LogP contribution >= 0.6 is 0 Å². The van der Waals surface area contributed by atoms with Crippen LogP contribution < -0.4 is 4.74 Å². The topological polar surface area (TPSA) is 57.8 Å². The average Bonchev–Trinajstić information content (AvgIpc) is 2.95. The molecule has 0 amide bonds. The van der Waals surface area contributed by atoms with E-state index in [0.29, 0.717) is 12.6 Å². The highest BCUT2D eigenvalue weighted by Crippen LogP contribution is 2.13. The molecule has 0 N–H and O–H groups in total. The van der Waals surface area contributed by atoms with Crippen molar-refractivity contribution in [2.45, 2.75) is 40.0 Å². The summed E-state index contributed by atoms with van der Waals surface area (Å²) in [5.41, 5.74) is 0. The lowest BCUT2D eigenvalue weighted by Gasteiger charge is -2.05. The Hall–Kier alpha value is -1.85. The SMILES string of the molecule is CCn1ncnc1COc1cnn(C(C)C)c1. The molecule has 0 saturated carbocycles. The Morgan fingerprint density at radius 2 is 2.18 bits per heavy atom. The maximum absolute atomic E-state index is 5.62. The second kappa shape index (κ2) is 4.99. The van der Waals surface area contributed by atoms with Gasteiger partial charge in [0.1, 0.15) is 12.9 Å². The van der Waals surface area contributed by atoms with E-state index >= 15 is 0 Å². The van der Waals surface area contributed by atoms with Gasteiger partial charge >= 0.3 is 0 Å². The van der Waals surface area contributed by atoms with E-state index in [0.717, 1.165) is 18.1 Å². The molecule has 6 nitrogen and oxygen atoms in total. The summed E-state index contributed by atoms with van der Waals surface area (Å²) >= 11 is 0. The monoisotopic (exact) mass is 235 g/mol. The summed E-state index contributed by atoms with van der Waals surface area (Å²) < 4.78 is 9.29. The van der Waals surface area contributed by atoms with Crippen LogP contribution in [-0.2, 0) is 13.2 Å². The van der Waals surface area contributed by atoms with Crippen LogP contribution in [0.5, 0.6) is 5.75 Å². The summed E-state index contributed by atoms with van der Waals surface area (Å²) in [5, 5.41) is 8.29. The molecule has 2 rings (SSSR count). The minimum absolute atomic E-state index is 0.339. The fourth-order valence-electron chi connectivity index (χ4n) is 1.49. The Kier molecular flexibility index (Phi) is 3.41.